The standard InChI is InChI=1S/C27H36F2N4O2/c1-6-32-23-14-21(28)22(29)15-24(23)33(25(32)34)13-11-27(18-35-7-2)10-12-31(17-27)26(4,5)20-9-8-19(3)30-16-20/h8-9,14-16H,6-7,10-13,17-18H2,1-5H3. The molecule has 1 unspecified atom stereocenters. The highest BCUT2D eigenvalue weighted by molar-refractivity contribution is 5.76. The van der Waals surface area contributed by atoms with Crippen molar-refractivity contribution in [3.05, 3.63) is 63.8 Å². The maximum atomic E-state index is 14.1. The zero-order chi connectivity index (χ0) is 25.4. The number of hydrogen-bond acceptors (Lipinski definition) is 4. The molecule has 0 saturated carbocycles. The molecule has 1 aliphatic rings. The second kappa shape index (κ2) is 9.82. The number of aromatic nitrogens is 3. The van der Waals surface area contributed by atoms with E-state index in [1.807, 2.05) is 33.0 Å². The summed E-state index contributed by atoms with van der Waals surface area (Å²) in [5.74, 6) is -1.88. The maximum Gasteiger partial charge on any atom is 0.329 e. The van der Waals surface area contributed by atoms with Gasteiger partial charge in [0, 0.05) is 61.2 Å². The van der Waals surface area contributed by atoms with E-state index in [4.69, 9.17) is 4.74 Å². The summed E-state index contributed by atoms with van der Waals surface area (Å²) in [5.41, 5.74) is 2.42. The molecule has 1 aliphatic heterocycles. The molecule has 8 heteroatoms. The van der Waals surface area contributed by atoms with Crippen molar-refractivity contribution in [2.24, 2.45) is 5.41 Å². The Bertz CT molecular complexity index is 1250. The molecule has 1 fully saturated rings. The van der Waals surface area contributed by atoms with Crippen LogP contribution in [0.4, 0.5) is 8.78 Å². The number of aryl methyl sites for hydroxylation is 3. The summed E-state index contributed by atoms with van der Waals surface area (Å²) in [6.07, 6.45) is 3.58. The third-order valence-corrected chi connectivity index (χ3v) is 7.70. The lowest BCUT2D eigenvalue weighted by molar-refractivity contribution is 0.0359. The number of rotatable bonds is 9. The minimum atomic E-state index is -0.941. The highest BCUT2D eigenvalue weighted by Crippen LogP contribution is 2.41. The Morgan fingerprint density at radius 3 is 2.40 bits per heavy atom. The van der Waals surface area contributed by atoms with Gasteiger partial charge in [-0.05, 0) is 65.6 Å². The molecule has 0 amide bonds. The summed E-state index contributed by atoms with van der Waals surface area (Å²) in [7, 11) is 0. The van der Waals surface area contributed by atoms with Crippen LogP contribution in [0.2, 0.25) is 0 Å². The molecule has 0 radical (unpaired) electrons. The number of benzene rings is 1. The van der Waals surface area contributed by atoms with Gasteiger partial charge in [0.25, 0.3) is 0 Å². The monoisotopic (exact) mass is 486 g/mol. The number of likely N-dealkylation sites (tertiary alicyclic amines) is 1. The summed E-state index contributed by atoms with van der Waals surface area (Å²) in [4.78, 5) is 20.1. The largest absolute Gasteiger partial charge is 0.381 e. The molecule has 1 atom stereocenters. The quantitative estimate of drug-likeness (QED) is 0.434. The van der Waals surface area contributed by atoms with E-state index in [9.17, 15) is 13.6 Å². The molecule has 0 aliphatic carbocycles. The topological polar surface area (TPSA) is 52.3 Å². The first-order valence-corrected chi connectivity index (χ1v) is 12.5. The molecule has 6 nitrogen and oxygen atoms in total. The van der Waals surface area contributed by atoms with Gasteiger partial charge in [0.15, 0.2) is 11.6 Å². The van der Waals surface area contributed by atoms with Crippen LogP contribution < -0.4 is 5.69 Å². The summed E-state index contributed by atoms with van der Waals surface area (Å²) >= 11 is 0. The van der Waals surface area contributed by atoms with Gasteiger partial charge in [-0.25, -0.2) is 13.6 Å². The lowest BCUT2D eigenvalue weighted by atomic mass is 9.84. The van der Waals surface area contributed by atoms with Crippen molar-refractivity contribution in [1.29, 1.82) is 0 Å². The van der Waals surface area contributed by atoms with E-state index in [-0.39, 0.29) is 16.6 Å². The molecule has 190 valence electrons. The minimum absolute atomic E-state index is 0.149. The zero-order valence-corrected chi connectivity index (χ0v) is 21.4. The average Bonchev–Trinajstić information content (AvgIpc) is 3.36. The van der Waals surface area contributed by atoms with Crippen LogP contribution in [-0.4, -0.2) is 45.3 Å². The number of fused-ring (bicyclic) bond motifs is 1. The number of hydrogen-bond donors (Lipinski definition) is 0. The van der Waals surface area contributed by atoms with Crippen molar-refractivity contribution in [2.45, 2.75) is 66.1 Å². The van der Waals surface area contributed by atoms with Crippen LogP contribution in [-0.2, 0) is 23.4 Å². The highest BCUT2D eigenvalue weighted by atomic mass is 19.2. The molecule has 2 aromatic heterocycles. The van der Waals surface area contributed by atoms with Crippen molar-refractivity contribution < 1.29 is 13.5 Å². The van der Waals surface area contributed by atoms with Gasteiger partial charge in [0.2, 0.25) is 0 Å². The van der Waals surface area contributed by atoms with Crippen molar-refractivity contribution in [1.82, 2.24) is 19.0 Å². The molecule has 1 saturated heterocycles. The molecular formula is C27H36F2N4O2. The van der Waals surface area contributed by atoms with Gasteiger partial charge in [-0.1, -0.05) is 6.07 Å². The lowest BCUT2D eigenvalue weighted by Crippen LogP contribution is -2.42. The van der Waals surface area contributed by atoms with Gasteiger partial charge >= 0.3 is 5.69 Å². The fraction of sp³-hybridized carbons (Fsp3) is 0.556. The van der Waals surface area contributed by atoms with E-state index in [0.717, 1.165) is 42.9 Å². The molecule has 0 N–H and O–H groups in total. The summed E-state index contributed by atoms with van der Waals surface area (Å²) in [6.45, 7) is 14.0. The van der Waals surface area contributed by atoms with Gasteiger partial charge < -0.3 is 4.74 Å². The van der Waals surface area contributed by atoms with Gasteiger partial charge in [0.05, 0.1) is 17.6 Å². The van der Waals surface area contributed by atoms with Gasteiger partial charge in [0.1, 0.15) is 0 Å². The Morgan fingerprint density at radius 2 is 1.80 bits per heavy atom. The Kier molecular flexibility index (Phi) is 7.16. The molecule has 0 bridgehead atoms. The van der Waals surface area contributed by atoms with Crippen LogP contribution in [0.5, 0.6) is 0 Å². The molecule has 4 rings (SSSR count). The second-order valence-electron chi connectivity index (χ2n) is 10.2. The average molecular weight is 487 g/mol. The molecular weight excluding hydrogens is 450 g/mol. The van der Waals surface area contributed by atoms with E-state index in [1.165, 1.54) is 4.57 Å². The van der Waals surface area contributed by atoms with Crippen LogP contribution in [0.1, 0.15) is 51.8 Å². The van der Waals surface area contributed by atoms with Crippen LogP contribution in [0, 0.1) is 24.0 Å². The number of pyridine rings is 1. The zero-order valence-electron chi connectivity index (χ0n) is 21.4. The minimum Gasteiger partial charge on any atom is -0.381 e. The Balaban J connectivity index is 1.62. The van der Waals surface area contributed by atoms with Crippen LogP contribution in [0.25, 0.3) is 11.0 Å². The van der Waals surface area contributed by atoms with E-state index in [1.54, 1.807) is 4.57 Å². The molecule has 0 spiro atoms. The van der Waals surface area contributed by atoms with Crippen LogP contribution in [0.3, 0.4) is 0 Å². The summed E-state index contributed by atoms with van der Waals surface area (Å²) < 4.78 is 37.0. The Morgan fingerprint density at radius 1 is 1.11 bits per heavy atom. The first-order valence-electron chi connectivity index (χ1n) is 12.5. The van der Waals surface area contributed by atoms with E-state index in [2.05, 4.69) is 29.8 Å². The van der Waals surface area contributed by atoms with Crippen molar-refractivity contribution in [2.75, 3.05) is 26.3 Å². The van der Waals surface area contributed by atoms with Gasteiger partial charge in [-0.3, -0.25) is 19.0 Å². The molecule has 1 aromatic carbocycles. The fourth-order valence-electron chi connectivity index (χ4n) is 5.32. The third-order valence-electron chi connectivity index (χ3n) is 7.70. The van der Waals surface area contributed by atoms with Crippen LogP contribution >= 0.6 is 0 Å². The summed E-state index contributed by atoms with van der Waals surface area (Å²) in [5, 5.41) is 0. The van der Waals surface area contributed by atoms with E-state index in [0.29, 0.717) is 43.8 Å². The highest BCUT2D eigenvalue weighted by Gasteiger charge is 2.43. The predicted octanol–water partition coefficient (Wildman–Crippen LogP) is 4.86. The van der Waals surface area contributed by atoms with Crippen molar-refractivity contribution >= 4 is 11.0 Å². The maximum absolute atomic E-state index is 14.1. The number of ether oxygens (including phenoxy) is 1. The first kappa shape index (κ1) is 25.5. The second-order valence-corrected chi connectivity index (χ2v) is 10.2. The summed E-state index contributed by atoms with van der Waals surface area (Å²) in [6, 6.07) is 6.44. The Hall–Kier alpha value is -2.58. The smallest absolute Gasteiger partial charge is 0.329 e. The normalized spacial score (nSPS) is 19.2. The van der Waals surface area contributed by atoms with Gasteiger partial charge in [-0.15, -0.1) is 0 Å². The Labute approximate surface area is 205 Å². The van der Waals surface area contributed by atoms with Crippen molar-refractivity contribution in [3.8, 4) is 0 Å². The molecule has 3 aromatic rings. The number of imidazole rings is 1. The van der Waals surface area contributed by atoms with Gasteiger partial charge in [-0.2, -0.15) is 0 Å². The number of nitrogens with zero attached hydrogens (tertiary/aromatic N) is 4. The third kappa shape index (κ3) is 4.78. The molecule has 35 heavy (non-hydrogen) atoms. The van der Waals surface area contributed by atoms with Crippen molar-refractivity contribution in [3.63, 3.8) is 0 Å². The van der Waals surface area contributed by atoms with E-state index < -0.39 is 11.6 Å². The SMILES string of the molecule is CCOCC1(CCn2c(=O)n(CC)c3cc(F)c(F)cc32)CCN(C(C)(C)c2ccc(C)nc2)C1. The first-order chi connectivity index (χ1) is 16.6. The lowest BCUT2D eigenvalue weighted by Gasteiger charge is -2.38. The van der Waals surface area contributed by atoms with Crippen LogP contribution in [0.15, 0.2) is 35.3 Å². The number of halogens is 2. The van der Waals surface area contributed by atoms with E-state index >= 15 is 0 Å². The molecule has 3 heterocycles. The fourth-order valence-corrected chi connectivity index (χ4v) is 5.32. The predicted molar refractivity (Wildman–Crippen MR) is 134 cm³/mol.